The first kappa shape index (κ1) is 22.0. The summed E-state index contributed by atoms with van der Waals surface area (Å²) < 4.78 is 41.3. The number of ether oxygens (including phenoxy) is 2. The zero-order valence-corrected chi connectivity index (χ0v) is 18.1. The Balaban J connectivity index is 1.69. The van der Waals surface area contributed by atoms with Crippen LogP contribution in [0.15, 0.2) is 67.4 Å². The van der Waals surface area contributed by atoms with Crippen LogP contribution in [-0.4, -0.2) is 29.7 Å². The maximum atomic E-state index is 14.8. The number of aromatic nitrogens is 2. The predicted octanol–water partition coefficient (Wildman–Crippen LogP) is 5.17. The van der Waals surface area contributed by atoms with Crippen LogP contribution in [0.2, 0.25) is 0 Å². The van der Waals surface area contributed by atoms with Crippen LogP contribution < -0.4 is 14.8 Å². The van der Waals surface area contributed by atoms with Crippen molar-refractivity contribution in [3.63, 3.8) is 0 Å². The Morgan fingerprint density at radius 3 is 2.48 bits per heavy atom. The van der Waals surface area contributed by atoms with E-state index in [9.17, 15) is 13.6 Å². The summed E-state index contributed by atoms with van der Waals surface area (Å²) in [7, 11) is 2.63. The summed E-state index contributed by atoms with van der Waals surface area (Å²) in [6, 6.07) is 13.9. The largest absolute Gasteiger partial charge is 0.494 e. The van der Waals surface area contributed by atoms with Gasteiger partial charge in [-0.05, 0) is 36.4 Å². The molecule has 1 amide bonds. The molecule has 6 nitrogen and oxygen atoms in total. The number of methoxy groups -OCH3 is 2. The van der Waals surface area contributed by atoms with Gasteiger partial charge < -0.3 is 19.4 Å². The fourth-order valence-corrected chi connectivity index (χ4v) is 3.57. The molecular weight excluding hydrogens is 428 g/mol. The first-order valence-corrected chi connectivity index (χ1v) is 10.0. The van der Waals surface area contributed by atoms with Crippen molar-refractivity contribution in [1.82, 2.24) is 9.55 Å². The van der Waals surface area contributed by atoms with Gasteiger partial charge in [0.05, 0.1) is 43.1 Å². The lowest BCUT2D eigenvalue weighted by Gasteiger charge is -2.14. The van der Waals surface area contributed by atoms with Crippen LogP contribution in [0.5, 0.6) is 11.5 Å². The normalized spacial score (nSPS) is 10.8. The van der Waals surface area contributed by atoms with E-state index in [2.05, 4.69) is 16.9 Å². The number of halogens is 2. The Morgan fingerprint density at radius 2 is 1.82 bits per heavy atom. The molecule has 0 bridgehead atoms. The van der Waals surface area contributed by atoms with Gasteiger partial charge in [0.2, 0.25) is 5.91 Å². The second-order valence-electron chi connectivity index (χ2n) is 7.21. The number of carbonyl (C=O) groups is 1. The summed E-state index contributed by atoms with van der Waals surface area (Å²) in [6.45, 7) is 3.38. The summed E-state index contributed by atoms with van der Waals surface area (Å²) in [5, 5.41) is 2.72. The topological polar surface area (TPSA) is 65.4 Å². The van der Waals surface area contributed by atoms with E-state index in [4.69, 9.17) is 9.47 Å². The monoisotopic (exact) mass is 449 g/mol. The van der Waals surface area contributed by atoms with Crippen LogP contribution in [0.4, 0.5) is 14.5 Å². The average Bonchev–Trinajstić information content (AvgIpc) is 3.24. The molecule has 2 heterocycles. The maximum absolute atomic E-state index is 14.8. The molecule has 168 valence electrons. The third kappa shape index (κ3) is 4.27. The number of pyridine rings is 1. The number of anilines is 1. The molecule has 0 radical (unpaired) electrons. The molecule has 0 aliphatic carbocycles. The standard InChI is InChI=1S/C25H21F2N3O3/c1-4-23(31)28-16-7-5-6-15(12-16)18-8-9-20-19(29-18)10-11-30(20)14-17-24(26)21(32-2)13-22(33-3)25(17)27/h4-13H,1,14H2,2-3H3,(H,28,31). The molecule has 1 N–H and O–H groups in total. The average molecular weight is 449 g/mol. The van der Waals surface area contributed by atoms with E-state index in [-0.39, 0.29) is 29.5 Å². The third-order valence-electron chi connectivity index (χ3n) is 5.23. The van der Waals surface area contributed by atoms with Gasteiger partial charge in [0.1, 0.15) is 0 Å². The van der Waals surface area contributed by atoms with E-state index < -0.39 is 11.6 Å². The van der Waals surface area contributed by atoms with E-state index in [0.29, 0.717) is 22.4 Å². The Kier molecular flexibility index (Phi) is 6.08. The van der Waals surface area contributed by atoms with Gasteiger partial charge >= 0.3 is 0 Å². The molecule has 33 heavy (non-hydrogen) atoms. The van der Waals surface area contributed by atoms with Gasteiger partial charge in [-0.2, -0.15) is 0 Å². The lowest BCUT2D eigenvalue weighted by Crippen LogP contribution is -2.07. The molecule has 0 aliphatic heterocycles. The number of carbonyl (C=O) groups excluding carboxylic acids is 1. The van der Waals surface area contributed by atoms with Gasteiger partial charge in [0.25, 0.3) is 0 Å². The van der Waals surface area contributed by atoms with Crippen LogP contribution in [0.3, 0.4) is 0 Å². The lowest BCUT2D eigenvalue weighted by molar-refractivity contribution is -0.111. The van der Waals surface area contributed by atoms with E-state index in [1.165, 1.54) is 26.4 Å². The van der Waals surface area contributed by atoms with Crippen molar-refractivity contribution < 1.29 is 23.0 Å². The molecule has 0 unspecified atom stereocenters. The minimum Gasteiger partial charge on any atom is -0.494 e. The summed E-state index contributed by atoms with van der Waals surface area (Å²) in [6.07, 6.45) is 2.91. The smallest absolute Gasteiger partial charge is 0.247 e. The van der Waals surface area contributed by atoms with E-state index in [1.54, 1.807) is 29.0 Å². The van der Waals surface area contributed by atoms with Crippen molar-refractivity contribution in [2.75, 3.05) is 19.5 Å². The van der Waals surface area contributed by atoms with Crippen molar-refractivity contribution in [3.05, 3.63) is 84.6 Å². The molecule has 8 heteroatoms. The summed E-state index contributed by atoms with van der Waals surface area (Å²) in [4.78, 5) is 16.2. The van der Waals surface area contributed by atoms with E-state index in [0.717, 1.165) is 5.56 Å². The molecule has 0 saturated carbocycles. The van der Waals surface area contributed by atoms with Gasteiger partial charge in [0.15, 0.2) is 23.1 Å². The lowest BCUT2D eigenvalue weighted by atomic mass is 10.1. The van der Waals surface area contributed by atoms with Gasteiger partial charge in [0, 0.05) is 23.5 Å². The number of fused-ring (bicyclic) bond motifs is 1. The van der Waals surface area contributed by atoms with Crippen LogP contribution in [0.1, 0.15) is 5.56 Å². The number of amides is 1. The Bertz CT molecular complexity index is 1340. The highest BCUT2D eigenvalue weighted by Crippen LogP contribution is 2.32. The molecule has 2 aromatic heterocycles. The Hall–Kier alpha value is -4.20. The molecule has 0 saturated heterocycles. The first-order chi connectivity index (χ1) is 15.9. The van der Waals surface area contributed by atoms with Crippen LogP contribution in [-0.2, 0) is 11.3 Å². The summed E-state index contributed by atoms with van der Waals surface area (Å²) in [5.74, 6) is -2.05. The number of rotatable bonds is 7. The van der Waals surface area contributed by atoms with Gasteiger partial charge in [-0.25, -0.2) is 13.8 Å². The Morgan fingerprint density at radius 1 is 1.09 bits per heavy atom. The molecule has 0 fully saturated rings. The molecule has 4 aromatic rings. The number of nitrogens with zero attached hydrogens (tertiary/aromatic N) is 2. The van der Waals surface area contributed by atoms with Crippen LogP contribution >= 0.6 is 0 Å². The van der Waals surface area contributed by atoms with Crippen molar-refractivity contribution in [1.29, 1.82) is 0 Å². The second kappa shape index (κ2) is 9.12. The zero-order chi connectivity index (χ0) is 23.5. The number of nitrogens with one attached hydrogen (secondary N) is 1. The summed E-state index contributed by atoms with van der Waals surface area (Å²) >= 11 is 0. The van der Waals surface area contributed by atoms with Crippen molar-refractivity contribution >= 4 is 22.6 Å². The second-order valence-corrected chi connectivity index (χ2v) is 7.21. The molecule has 4 rings (SSSR count). The molecule has 0 atom stereocenters. The van der Waals surface area contributed by atoms with Gasteiger partial charge in [-0.1, -0.05) is 18.7 Å². The SMILES string of the molecule is C=CC(=O)Nc1cccc(-c2ccc3c(ccn3Cc3c(F)c(OC)cc(OC)c3F)n2)c1. The minimum absolute atomic E-state index is 0.0706. The van der Waals surface area contributed by atoms with Crippen LogP contribution in [0, 0.1) is 11.6 Å². The number of benzene rings is 2. The molecule has 0 spiro atoms. The molecule has 0 aliphatic rings. The van der Waals surface area contributed by atoms with Crippen molar-refractivity contribution in [2.24, 2.45) is 0 Å². The minimum atomic E-state index is -0.777. The fraction of sp³-hybridized carbons (Fsp3) is 0.120. The number of hydrogen-bond donors (Lipinski definition) is 1. The highest BCUT2D eigenvalue weighted by Gasteiger charge is 2.21. The molecule has 2 aromatic carbocycles. The quantitative estimate of drug-likeness (QED) is 0.395. The maximum Gasteiger partial charge on any atom is 0.247 e. The first-order valence-electron chi connectivity index (χ1n) is 10.0. The predicted molar refractivity (Wildman–Crippen MR) is 123 cm³/mol. The van der Waals surface area contributed by atoms with Gasteiger partial charge in [-0.3, -0.25) is 4.79 Å². The van der Waals surface area contributed by atoms with E-state index >= 15 is 0 Å². The summed E-state index contributed by atoms with van der Waals surface area (Å²) in [5.41, 5.74) is 3.31. The Labute approximate surface area is 189 Å². The van der Waals surface area contributed by atoms with Crippen molar-refractivity contribution in [2.45, 2.75) is 6.54 Å². The fourth-order valence-electron chi connectivity index (χ4n) is 3.57. The molecular formula is C25H21F2N3O3. The third-order valence-corrected chi connectivity index (χ3v) is 5.23. The van der Waals surface area contributed by atoms with E-state index in [1.807, 2.05) is 24.3 Å². The highest BCUT2D eigenvalue weighted by atomic mass is 19.1. The highest BCUT2D eigenvalue weighted by molar-refractivity contribution is 5.99. The van der Waals surface area contributed by atoms with Gasteiger partial charge in [-0.15, -0.1) is 0 Å². The van der Waals surface area contributed by atoms with Crippen molar-refractivity contribution in [3.8, 4) is 22.8 Å². The van der Waals surface area contributed by atoms with Crippen LogP contribution in [0.25, 0.3) is 22.3 Å². The zero-order valence-electron chi connectivity index (χ0n) is 18.1. The number of hydrogen-bond acceptors (Lipinski definition) is 4.